The largest absolute Gasteiger partial charge is 0.360 e. The van der Waals surface area contributed by atoms with E-state index in [0.717, 1.165) is 13.1 Å². The fourth-order valence-corrected chi connectivity index (χ4v) is 1.52. The van der Waals surface area contributed by atoms with Crippen LogP contribution < -0.4 is 0 Å². The predicted molar refractivity (Wildman–Crippen MR) is 48.4 cm³/mol. The molecule has 0 aromatic heterocycles. The van der Waals surface area contributed by atoms with E-state index >= 15 is 0 Å². The summed E-state index contributed by atoms with van der Waals surface area (Å²) in [5.41, 5.74) is 0. The van der Waals surface area contributed by atoms with Crippen molar-refractivity contribution in [1.82, 2.24) is 4.90 Å². The molecule has 1 aliphatic rings. The predicted octanol–water partition coefficient (Wildman–Crippen LogP) is 1.15. The highest BCUT2D eigenvalue weighted by atomic mass is 127. The van der Waals surface area contributed by atoms with Gasteiger partial charge >= 0.3 is 0 Å². The van der Waals surface area contributed by atoms with Crippen LogP contribution in [0, 0.1) is 0 Å². The lowest BCUT2D eigenvalue weighted by Crippen LogP contribution is -2.23. The molecule has 9 heavy (non-hydrogen) atoms. The van der Waals surface area contributed by atoms with Crippen LogP contribution in [-0.4, -0.2) is 34.8 Å². The number of nitrogens with zero attached hydrogens (tertiary/aromatic N) is 2. The second kappa shape index (κ2) is 3.39. The molecule has 3 heteroatoms. The van der Waals surface area contributed by atoms with Gasteiger partial charge in [0, 0.05) is 17.5 Å². The van der Waals surface area contributed by atoms with Gasteiger partial charge < -0.3 is 4.90 Å². The molecule has 0 aromatic rings. The van der Waals surface area contributed by atoms with E-state index in [1.807, 2.05) is 6.34 Å². The molecule has 0 spiro atoms. The number of alkyl halides is 1. The Kier molecular flexibility index (Phi) is 2.75. The fraction of sp³-hybridized carbons (Fsp3) is 0.833. The third-order valence-corrected chi connectivity index (χ3v) is 1.84. The molecule has 1 unspecified atom stereocenters. The van der Waals surface area contributed by atoms with Gasteiger partial charge in [0.15, 0.2) is 0 Å². The van der Waals surface area contributed by atoms with E-state index in [1.54, 1.807) is 0 Å². The molecule has 1 atom stereocenters. The van der Waals surface area contributed by atoms with Gasteiger partial charge in [0.1, 0.15) is 0 Å². The van der Waals surface area contributed by atoms with Crippen molar-refractivity contribution in [3.8, 4) is 0 Å². The van der Waals surface area contributed by atoms with Gasteiger partial charge in [-0.05, 0) is 6.92 Å². The molecule has 0 aromatic carbocycles. The minimum atomic E-state index is 0.521. The molecule has 1 heterocycles. The summed E-state index contributed by atoms with van der Waals surface area (Å²) in [6, 6.07) is 0.521. The first-order valence-corrected chi connectivity index (χ1v) is 4.69. The monoisotopic (exact) mass is 238 g/mol. The summed E-state index contributed by atoms with van der Waals surface area (Å²) in [5, 5.41) is 0. The van der Waals surface area contributed by atoms with E-state index in [-0.39, 0.29) is 0 Å². The van der Waals surface area contributed by atoms with Crippen LogP contribution in [0.25, 0.3) is 0 Å². The lowest BCUT2D eigenvalue weighted by atomic mass is 10.4. The van der Waals surface area contributed by atoms with E-state index in [2.05, 4.69) is 39.4 Å². The summed E-state index contributed by atoms with van der Waals surface area (Å²) < 4.78 is 1.19. The van der Waals surface area contributed by atoms with Gasteiger partial charge in [-0.15, -0.1) is 0 Å². The van der Waals surface area contributed by atoms with Crippen molar-refractivity contribution < 1.29 is 0 Å². The minimum Gasteiger partial charge on any atom is -0.360 e. The number of hydrogen-bond acceptors (Lipinski definition) is 2. The summed E-state index contributed by atoms with van der Waals surface area (Å²) in [6.45, 7) is 4.40. The Hall–Kier alpha value is 0.200. The maximum atomic E-state index is 4.23. The molecule has 1 rings (SSSR count). The van der Waals surface area contributed by atoms with Crippen LogP contribution in [0.1, 0.15) is 6.92 Å². The summed E-state index contributed by atoms with van der Waals surface area (Å²) in [5.74, 6) is 0. The van der Waals surface area contributed by atoms with Crippen LogP contribution in [0.5, 0.6) is 0 Å². The quantitative estimate of drug-likeness (QED) is 0.520. The van der Waals surface area contributed by atoms with Gasteiger partial charge in [-0.2, -0.15) is 0 Å². The standard InChI is InChI=1S/C6H11IN2/c1-6-4-9(3-2-7)5-8-6/h5-6H,2-4H2,1H3. The Morgan fingerprint density at radius 3 is 3.11 bits per heavy atom. The highest BCUT2D eigenvalue weighted by Crippen LogP contribution is 2.01. The van der Waals surface area contributed by atoms with Gasteiger partial charge in [-0.1, -0.05) is 22.6 Å². The number of hydrogen-bond donors (Lipinski definition) is 0. The highest BCUT2D eigenvalue weighted by Gasteiger charge is 2.10. The molecule has 0 amide bonds. The maximum absolute atomic E-state index is 4.23. The summed E-state index contributed by atoms with van der Waals surface area (Å²) in [7, 11) is 0. The van der Waals surface area contributed by atoms with Crippen molar-refractivity contribution in [1.29, 1.82) is 0 Å². The van der Waals surface area contributed by atoms with Gasteiger partial charge in [0.05, 0.1) is 12.4 Å². The molecule has 0 N–H and O–H groups in total. The minimum absolute atomic E-state index is 0.521. The SMILES string of the molecule is CC1CN(CCI)C=N1. The molecule has 0 bridgehead atoms. The summed E-state index contributed by atoms with van der Waals surface area (Å²) in [6.07, 6.45) is 1.96. The van der Waals surface area contributed by atoms with Gasteiger partial charge in [0.2, 0.25) is 0 Å². The zero-order chi connectivity index (χ0) is 6.69. The highest BCUT2D eigenvalue weighted by molar-refractivity contribution is 14.1. The van der Waals surface area contributed by atoms with Crippen LogP contribution in [0.2, 0.25) is 0 Å². The third-order valence-electron chi connectivity index (χ3n) is 1.35. The Labute approximate surface area is 69.5 Å². The van der Waals surface area contributed by atoms with E-state index < -0.39 is 0 Å². The van der Waals surface area contributed by atoms with Crippen molar-refractivity contribution in [2.24, 2.45) is 4.99 Å². The molecule has 0 saturated heterocycles. The van der Waals surface area contributed by atoms with E-state index in [0.29, 0.717) is 6.04 Å². The number of halogens is 1. The average Bonchev–Trinajstić information content (AvgIpc) is 2.17. The molecular weight excluding hydrogens is 227 g/mol. The zero-order valence-corrected chi connectivity index (χ0v) is 7.71. The Morgan fingerprint density at radius 1 is 1.89 bits per heavy atom. The normalized spacial score (nSPS) is 25.6. The number of aliphatic imine (C=N–C) groups is 1. The van der Waals surface area contributed by atoms with Crippen molar-refractivity contribution in [2.45, 2.75) is 13.0 Å². The molecule has 0 aliphatic carbocycles. The van der Waals surface area contributed by atoms with Crippen LogP contribution in [-0.2, 0) is 0 Å². The summed E-state index contributed by atoms with van der Waals surface area (Å²) in [4.78, 5) is 6.49. The lowest BCUT2D eigenvalue weighted by molar-refractivity contribution is 0.467. The fourth-order valence-electron chi connectivity index (χ4n) is 0.899. The Morgan fingerprint density at radius 2 is 2.67 bits per heavy atom. The molecule has 0 saturated carbocycles. The third kappa shape index (κ3) is 2.12. The topological polar surface area (TPSA) is 15.6 Å². The molecule has 0 radical (unpaired) electrons. The first kappa shape index (κ1) is 7.31. The van der Waals surface area contributed by atoms with Crippen molar-refractivity contribution in [2.75, 3.05) is 17.5 Å². The van der Waals surface area contributed by atoms with Crippen molar-refractivity contribution in [3.05, 3.63) is 0 Å². The van der Waals surface area contributed by atoms with Gasteiger partial charge in [-0.25, -0.2) is 0 Å². The molecular formula is C6H11IN2. The smallest absolute Gasteiger partial charge is 0.0854 e. The van der Waals surface area contributed by atoms with Crippen LogP contribution in [0.15, 0.2) is 4.99 Å². The Balaban J connectivity index is 2.24. The van der Waals surface area contributed by atoms with Crippen molar-refractivity contribution in [3.63, 3.8) is 0 Å². The van der Waals surface area contributed by atoms with E-state index in [4.69, 9.17) is 0 Å². The lowest BCUT2D eigenvalue weighted by Gasteiger charge is -2.11. The van der Waals surface area contributed by atoms with Crippen LogP contribution in [0.4, 0.5) is 0 Å². The molecule has 1 aliphatic heterocycles. The van der Waals surface area contributed by atoms with E-state index in [1.165, 1.54) is 4.43 Å². The second-order valence-electron chi connectivity index (χ2n) is 2.30. The van der Waals surface area contributed by atoms with Gasteiger partial charge in [-0.3, -0.25) is 4.99 Å². The average molecular weight is 238 g/mol. The van der Waals surface area contributed by atoms with Gasteiger partial charge in [0.25, 0.3) is 0 Å². The Bertz CT molecular complexity index is 114. The van der Waals surface area contributed by atoms with Crippen LogP contribution in [0.3, 0.4) is 0 Å². The van der Waals surface area contributed by atoms with Crippen molar-refractivity contribution >= 4 is 28.9 Å². The maximum Gasteiger partial charge on any atom is 0.0854 e. The molecule has 0 fully saturated rings. The number of rotatable bonds is 2. The van der Waals surface area contributed by atoms with E-state index in [9.17, 15) is 0 Å². The summed E-state index contributed by atoms with van der Waals surface area (Å²) >= 11 is 2.38. The second-order valence-corrected chi connectivity index (χ2v) is 3.38. The zero-order valence-electron chi connectivity index (χ0n) is 5.55. The molecule has 2 nitrogen and oxygen atoms in total. The first-order valence-electron chi connectivity index (χ1n) is 3.16. The molecule has 52 valence electrons. The first-order chi connectivity index (χ1) is 4.33. The van der Waals surface area contributed by atoms with Crippen LogP contribution >= 0.6 is 22.6 Å².